The second kappa shape index (κ2) is 5.00. The van der Waals surface area contributed by atoms with Crippen LogP contribution in [-0.2, 0) is 16.0 Å². The van der Waals surface area contributed by atoms with Crippen molar-refractivity contribution in [2.75, 3.05) is 0 Å². The van der Waals surface area contributed by atoms with E-state index < -0.39 is 17.4 Å². The van der Waals surface area contributed by atoms with Crippen LogP contribution in [0, 0.1) is 5.41 Å². The lowest BCUT2D eigenvalue weighted by Gasteiger charge is -2.13. The van der Waals surface area contributed by atoms with Gasteiger partial charge in [-0.1, -0.05) is 18.2 Å². The number of para-hydroxylation sites is 1. The minimum Gasteiger partial charge on any atom is -0.481 e. The third-order valence-corrected chi connectivity index (χ3v) is 4.35. The second-order valence-electron chi connectivity index (χ2n) is 5.90. The summed E-state index contributed by atoms with van der Waals surface area (Å²) in [5.74, 6) is -1.05. The van der Waals surface area contributed by atoms with Gasteiger partial charge in [0.1, 0.15) is 0 Å². The Labute approximate surface area is 122 Å². The molecule has 5 nitrogen and oxygen atoms in total. The molecule has 1 heterocycles. The van der Waals surface area contributed by atoms with E-state index in [0.717, 1.165) is 16.5 Å². The third-order valence-electron chi connectivity index (χ3n) is 4.35. The van der Waals surface area contributed by atoms with E-state index in [-0.39, 0.29) is 12.2 Å². The molecule has 2 aromatic rings. The Kier molecular flexibility index (Phi) is 3.29. The number of carbonyl (C=O) groups is 2. The number of Topliss-reactive ketones (excluding diaryl/α,β-unsaturated/α-hetero) is 1. The van der Waals surface area contributed by atoms with E-state index in [2.05, 4.69) is 4.98 Å². The molecule has 0 spiro atoms. The highest BCUT2D eigenvalue weighted by molar-refractivity contribution is 5.92. The van der Waals surface area contributed by atoms with Gasteiger partial charge in [-0.2, -0.15) is 0 Å². The molecule has 21 heavy (non-hydrogen) atoms. The molecule has 1 aliphatic carbocycles. The van der Waals surface area contributed by atoms with E-state index in [9.17, 15) is 9.59 Å². The highest BCUT2D eigenvalue weighted by atomic mass is 16.4. The smallest absolute Gasteiger partial charge is 0.310 e. The van der Waals surface area contributed by atoms with Gasteiger partial charge in [-0.05, 0) is 30.9 Å². The molecule has 1 aromatic carbocycles. The highest BCUT2D eigenvalue weighted by Crippen LogP contribution is 2.49. The van der Waals surface area contributed by atoms with Crippen molar-refractivity contribution in [3.8, 4) is 0 Å². The molecular formula is C16H18N2O3. The number of nitrogens with two attached hydrogens (primary N) is 1. The number of hydrogen-bond acceptors (Lipinski definition) is 3. The molecule has 0 amide bonds. The van der Waals surface area contributed by atoms with Crippen LogP contribution in [0.4, 0.5) is 0 Å². The third kappa shape index (κ3) is 2.56. The maximum absolute atomic E-state index is 12.2. The normalized spacial score (nSPS) is 17.6. The number of fused-ring (bicyclic) bond motifs is 1. The first kappa shape index (κ1) is 13.8. The van der Waals surface area contributed by atoms with Crippen LogP contribution >= 0.6 is 0 Å². The summed E-state index contributed by atoms with van der Waals surface area (Å²) in [4.78, 5) is 26.5. The molecule has 1 saturated carbocycles. The Bertz CT molecular complexity index is 700. The lowest BCUT2D eigenvalue weighted by Crippen LogP contribution is -2.35. The molecule has 3 rings (SSSR count). The number of benzene rings is 1. The van der Waals surface area contributed by atoms with Gasteiger partial charge in [-0.3, -0.25) is 9.59 Å². The van der Waals surface area contributed by atoms with Gasteiger partial charge in [-0.15, -0.1) is 0 Å². The molecular weight excluding hydrogens is 268 g/mol. The number of H-pyrrole nitrogens is 1. The highest BCUT2D eigenvalue weighted by Gasteiger charge is 2.51. The first-order chi connectivity index (χ1) is 10.0. The number of rotatable bonds is 6. The summed E-state index contributed by atoms with van der Waals surface area (Å²) in [6.07, 6.45) is 3.49. The van der Waals surface area contributed by atoms with Crippen LogP contribution in [0.3, 0.4) is 0 Å². The van der Waals surface area contributed by atoms with E-state index in [1.165, 1.54) is 0 Å². The van der Waals surface area contributed by atoms with Gasteiger partial charge in [0, 0.05) is 23.5 Å². The number of hydrogen-bond donors (Lipinski definition) is 3. The fourth-order valence-corrected chi connectivity index (χ4v) is 2.73. The number of nitrogens with one attached hydrogen (secondary N) is 1. The van der Waals surface area contributed by atoms with Crippen molar-refractivity contribution in [1.82, 2.24) is 4.98 Å². The van der Waals surface area contributed by atoms with Crippen LogP contribution in [0.15, 0.2) is 30.5 Å². The van der Waals surface area contributed by atoms with Crippen LogP contribution < -0.4 is 5.73 Å². The Morgan fingerprint density at radius 3 is 2.71 bits per heavy atom. The van der Waals surface area contributed by atoms with Crippen molar-refractivity contribution >= 4 is 22.7 Å². The van der Waals surface area contributed by atoms with Gasteiger partial charge < -0.3 is 15.8 Å². The van der Waals surface area contributed by atoms with Crippen molar-refractivity contribution in [1.29, 1.82) is 0 Å². The zero-order chi connectivity index (χ0) is 15.0. The SMILES string of the molecule is NC(Cc1c[nH]c2ccccc12)C(=O)CC1(C(=O)O)CC1. The lowest BCUT2D eigenvalue weighted by molar-refractivity contribution is -0.145. The Morgan fingerprint density at radius 1 is 1.33 bits per heavy atom. The second-order valence-corrected chi connectivity index (χ2v) is 5.90. The predicted octanol–water partition coefficient (Wildman–Crippen LogP) is 1.86. The summed E-state index contributed by atoms with van der Waals surface area (Å²) in [7, 11) is 0. The number of carboxylic acid groups (broad SMARTS) is 1. The molecule has 1 unspecified atom stereocenters. The Morgan fingerprint density at radius 2 is 2.05 bits per heavy atom. The van der Waals surface area contributed by atoms with Crippen LogP contribution in [0.5, 0.6) is 0 Å². The monoisotopic (exact) mass is 286 g/mol. The molecule has 1 fully saturated rings. The van der Waals surface area contributed by atoms with Gasteiger partial charge in [0.05, 0.1) is 11.5 Å². The van der Waals surface area contributed by atoms with Gasteiger partial charge in [-0.25, -0.2) is 0 Å². The van der Waals surface area contributed by atoms with Crippen LogP contribution in [0.2, 0.25) is 0 Å². The standard InChI is InChI=1S/C16H18N2O3/c17-12(14(19)8-16(5-6-16)15(20)21)7-10-9-18-13-4-2-1-3-11(10)13/h1-4,9,12,18H,5-8,17H2,(H,20,21). The topological polar surface area (TPSA) is 96.2 Å². The van der Waals surface area contributed by atoms with Gasteiger partial charge >= 0.3 is 5.97 Å². The summed E-state index contributed by atoms with van der Waals surface area (Å²) in [6.45, 7) is 0. The van der Waals surface area contributed by atoms with E-state index in [0.29, 0.717) is 19.3 Å². The fourth-order valence-electron chi connectivity index (χ4n) is 2.73. The average Bonchev–Trinajstić information content (AvgIpc) is 3.14. The summed E-state index contributed by atoms with van der Waals surface area (Å²) in [6, 6.07) is 7.18. The lowest BCUT2D eigenvalue weighted by atomic mass is 9.93. The molecule has 4 N–H and O–H groups in total. The number of aliphatic carboxylic acids is 1. The molecule has 0 aliphatic heterocycles. The fraction of sp³-hybridized carbons (Fsp3) is 0.375. The van der Waals surface area contributed by atoms with E-state index >= 15 is 0 Å². The van der Waals surface area contributed by atoms with Crippen LogP contribution in [0.1, 0.15) is 24.8 Å². The number of ketones is 1. The van der Waals surface area contributed by atoms with E-state index in [1.54, 1.807) is 0 Å². The zero-order valence-corrected chi connectivity index (χ0v) is 11.6. The van der Waals surface area contributed by atoms with E-state index in [4.69, 9.17) is 10.8 Å². The summed E-state index contributed by atoms with van der Waals surface area (Å²) >= 11 is 0. The molecule has 1 aromatic heterocycles. The molecule has 0 radical (unpaired) electrons. The van der Waals surface area contributed by atoms with Crippen molar-refractivity contribution in [3.63, 3.8) is 0 Å². The number of aromatic nitrogens is 1. The number of carboxylic acids is 1. The van der Waals surface area contributed by atoms with Gasteiger partial charge in [0.15, 0.2) is 5.78 Å². The Hall–Kier alpha value is -2.14. The Balaban J connectivity index is 1.70. The minimum atomic E-state index is -0.879. The summed E-state index contributed by atoms with van der Waals surface area (Å²) < 4.78 is 0. The minimum absolute atomic E-state index is 0.0475. The molecule has 0 saturated heterocycles. The quantitative estimate of drug-likeness (QED) is 0.755. The van der Waals surface area contributed by atoms with Crippen molar-refractivity contribution in [3.05, 3.63) is 36.0 Å². The molecule has 5 heteroatoms. The van der Waals surface area contributed by atoms with Crippen molar-refractivity contribution in [2.24, 2.45) is 11.1 Å². The summed E-state index contributed by atoms with van der Waals surface area (Å²) in [5, 5.41) is 10.2. The maximum atomic E-state index is 12.2. The van der Waals surface area contributed by atoms with Gasteiger partial charge in [0.2, 0.25) is 0 Å². The van der Waals surface area contributed by atoms with E-state index in [1.807, 2.05) is 30.5 Å². The van der Waals surface area contributed by atoms with Crippen molar-refractivity contribution < 1.29 is 14.7 Å². The van der Waals surface area contributed by atoms with Crippen LogP contribution in [0.25, 0.3) is 10.9 Å². The molecule has 0 bridgehead atoms. The molecule has 110 valence electrons. The maximum Gasteiger partial charge on any atom is 0.310 e. The predicted molar refractivity (Wildman–Crippen MR) is 78.9 cm³/mol. The summed E-state index contributed by atoms with van der Waals surface area (Å²) in [5.41, 5.74) is 7.14. The molecule has 1 aliphatic rings. The zero-order valence-electron chi connectivity index (χ0n) is 11.6. The van der Waals surface area contributed by atoms with Gasteiger partial charge in [0.25, 0.3) is 0 Å². The molecule has 1 atom stereocenters. The average molecular weight is 286 g/mol. The largest absolute Gasteiger partial charge is 0.481 e. The first-order valence-corrected chi connectivity index (χ1v) is 7.08. The number of carbonyl (C=O) groups excluding carboxylic acids is 1. The van der Waals surface area contributed by atoms with Crippen LogP contribution in [-0.4, -0.2) is 27.9 Å². The number of aromatic amines is 1. The first-order valence-electron chi connectivity index (χ1n) is 7.08. The van der Waals surface area contributed by atoms with Crippen molar-refractivity contribution in [2.45, 2.75) is 31.7 Å².